The molecule has 0 radical (unpaired) electrons. The lowest BCUT2D eigenvalue weighted by atomic mass is 10.1. The van der Waals surface area contributed by atoms with Gasteiger partial charge < -0.3 is 14.6 Å². The Hall–Kier alpha value is -2.72. The Bertz CT molecular complexity index is 732. The zero-order valence-corrected chi connectivity index (χ0v) is 12.8. The number of pyridine rings is 1. The highest BCUT2D eigenvalue weighted by Gasteiger charge is 2.34. The van der Waals surface area contributed by atoms with E-state index in [9.17, 15) is 4.79 Å². The Morgan fingerprint density at radius 3 is 3.09 bits per heavy atom. The van der Waals surface area contributed by atoms with Gasteiger partial charge >= 0.3 is 0 Å². The van der Waals surface area contributed by atoms with Crippen LogP contribution in [0.4, 0.5) is 0 Å². The van der Waals surface area contributed by atoms with E-state index >= 15 is 0 Å². The van der Waals surface area contributed by atoms with Crippen LogP contribution in [-0.2, 0) is 11.3 Å². The third kappa shape index (κ3) is 3.07. The third-order valence-corrected chi connectivity index (χ3v) is 3.88. The summed E-state index contributed by atoms with van der Waals surface area (Å²) in [5.41, 5.74) is 0.710. The van der Waals surface area contributed by atoms with Crippen LogP contribution in [0.5, 0.6) is 0 Å². The summed E-state index contributed by atoms with van der Waals surface area (Å²) in [5, 5.41) is 11.7. The van der Waals surface area contributed by atoms with E-state index in [1.165, 1.54) is 6.20 Å². The molecule has 0 spiro atoms. The summed E-state index contributed by atoms with van der Waals surface area (Å²) in [6, 6.07) is 4.96. The summed E-state index contributed by atoms with van der Waals surface area (Å²) >= 11 is 0. The monoisotopic (exact) mass is 311 g/mol. The van der Waals surface area contributed by atoms with Crippen molar-refractivity contribution in [1.82, 2.24) is 19.9 Å². The maximum absolute atomic E-state index is 12.3. The molecule has 3 heterocycles. The fourth-order valence-electron chi connectivity index (χ4n) is 2.67. The average Bonchev–Trinajstić information content (AvgIpc) is 3.23. The molecule has 1 N–H and O–H groups in total. The van der Waals surface area contributed by atoms with Crippen molar-refractivity contribution in [2.75, 3.05) is 6.61 Å². The molecule has 0 aliphatic carbocycles. The van der Waals surface area contributed by atoms with Gasteiger partial charge in [-0.15, -0.1) is 0 Å². The molecule has 118 valence electrons. The SMILES string of the molecule is CCn1ccnc1[C@H]1OCC[C@@H]1NC(=O)c1ccc(C#N)cn1. The Balaban J connectivity index is 1.73. The highest BCUT2D eigenvalue weighted by atomic mass is 16.5. The van der Waals surface area contributed by atoms with Crippen LogP contribution >= 0.6 is 0 Å². The lowest BCUT2D eigenvalue weighted by Crippen LogP contribution is -2.38. The molecule has 2 atom stereocenters. The quantitative estimate of drug-likeness (QED) is 0.922. The van der Waals surface area contributed by atoms with Crippen LogP contribution in [0.15, 0.2) is 30.7 Å². The predicted molar refractivity (Wildman–Crippen MR) is 81.4 cm³/mol. The summed E-state index contributed by atoms with van der Waals surface area (Å²) in [5.74, 6) is 0.549. The van der Waals surface area contributed by atoms with Crippen molar-refractivity contribution in [1.29, 1.82) is 5.26 Å². The summed E-state index contributed by atoms with van der Waals surface area (Å²) in [7, 11) is 0. The number of rotatable bonds is 4. The van der Waals surface area contributed by atoms with Gasteiger partial charge in [-0.3, -0.25) is 4.79 Å². The number of hydrogen-bond donors (Lipinski definition) is 1. The first-order valence-electron chi connectivity index (χ1n) is 7.52. The second-order valence-electron chi connectivity index (χ2n) is 5.28. The van der Waals surface area contributed by atoms with Crippen molar-refractivity contribution < 1.29 is 9.53 Å². The van der Waals surface area contributed by atoms with E-state index in [-0.39, 0.29) is 23.7 Å². The summed E-state index contributed by atoms with van der Waals surface area (Å²) in [4.78, 5) is 20.7. The first-order valence-corrected chi connectivity index (χ1v) is 7.52. The molecule has 23 heavy (non-hydrogen) atoms. The number of carbonyl (C=O) groups excluding carboxylic acids is 1. The summed E-state index contributed by atoms with van der Waals surface area (Å²) < 4.78 is 7.77. The van der Waals surface area contributed by atoms with Crippen molar-refractivity contribution in [3.8, 4) is 6.07 Å². The van der Waals surface area contributed by atoms with Gasteiger partial charge in [-0.25, -0.2) is 9.97 Å². The Morgan fingerprint density at radius 1 is 1.52 bits per heavy atom. The number of nitrogens with one attached hydrogen (secondary N) is 1. The van der Waals surface area contributed by atoms with Gasteiger partial charge in [0.2, 0.25) is 0 Å². The maximum Gasteiger partial charge on any atom is 0.270 e. The lowest BCUT2D eigenvalue weighted by molar-refractivity contribution is 0.0773. The maximum atomic E-state index is 12.3. The first-order chi connectivity index (χ1) is 11.2. The zero-order valence-electron chi connectivity index (χ0n) is 12.8. The van der Waals surface area contributed by atoms with Crippen LogP contribution in [0.25, 0.3) is 0 Å². The normalized spacial score (nSPS) is 20.2. The minimum atomic E-state index is -0.274. The second-order valence-corrected chi connectivity index (χ2v) is 5.28. The Labute approximate surface area is 133 Å². The molecule has 2 aromatic rings. The van der Waals surface area contributed by atoms with E-state index in [1.54, 1.807) is 18.3 Å². The molecule has 2 aromatic heterocycles. The minimum absolute atomic E-state index is 0.146. The van der Waals surface area contributed by atoms with E-state index in [2.05, 4.69) is 15.3 Å². The largest absolute Gasteiger partial charge is 0.368 e. The molecule has 0 unspecified atom stereocenters. The van der Waals surface area contributed by atoms with E-state index in [0.29, 0.717) is 12.2 Å². The van der Waals surface area contributed by atoms with E-state index in [1.807, 2.05) is 23.8 Å². The number of nitrogens with zero attached hydrogens (tertiary/aromatic N) is 4. The molecule has 3 rings (SSSR count). The number of aryl methyl sites for hydroxylation is 1. The predicted octanol–water partition coefficient (Wildman–Crippen LogP) is 1.43. The van der Waals surface area contributed by atoms with Crippen LogP contribution in [0.1, 0.15) is 41.3 Å². The fraction of sp³-hybridized carbons (Fsp3) is 0.375. The van der Waals surface area contributed by atoms with Crippen molar-refractivity contribution >= 4 is 5.91 Å². The second kappa shape index (κ2) is 6.58. The van der Waals surface area contributed by atoms with Gasteiger partial charge in [-0.05, 0) is 25.5 Å². The summed E-state index contributed by atoms with van der Waals surface area (Å²) in [6.45, 7) is 3.41. The molecule has 1 aliphatic heterocycles. The zero-order chi connectivity index (χ0) is 16.2. The molecule has 0 saturated carbocycles. The number of hydrogen-bond acceptors (Lipinski definition) is 5. The van der Waals surface area contributed by atoms with E-state index in [0.717, 1.165) is 18.8 Å². The van der Waals surface area contributed by atoms with Crippen molar-refractivity contribution in [2.45, 2.75) is 32.0 Å². The average molecular weight is 311 g/mol. The molecule has 1 saturated heterocycles. The smallest absolute Gasteiger partial charge is 0.270 e. The van der Waals surface area contributed by atoms with Gasteiger partial charge in [0.1, 0.15) is 23.7 Å². The molecule has 7 nitrogen and oxygen atoms in total. The Kier molecular flexibility index (Phi) is 4.35. The van der Waals surface area contributed by atoms with Crippen LogP contribution in [-0.4, -0.2) is 33.1 Å². The van der Waals surface area contributed by atoms with E-state index in [4.69, 9.17) is 10.00 Å². The van der Waals surface area contributed by atoms with Gasteiger partial charge in [0.05, 0.1) is 11.6 Å². The summed E-state index contributed by atoms with van der Waals surface area (Å²) in [6.07, 6.45) is 5.50. The van der Waals surface area contributed by atoms with Crippen LogP contribution in [0, 0.1) is 11.3 Å². The highest BCUT2D eigenvalue weighted by Crippen LogP contribution is 2.28. The number of aromatic nitrogens is 3. The lowest BCUT2D eigenvalue weighted by Gasteiger charge is -2.20. The molecular weight excluding hydrogens is 294 g/mol. The highest BCUT2D eigenvalue weighted by molar-refractivity contribution is 5.92. The number of amides is 1. The van der Waals surface area contributed by atoms with Crippen molar-refractivity contribution in [3.63, 3.8) is 0 Å². The third-order valence-electron chi connectivity index (χ3n) is 3.88. The number of nitriles is 1. The number of imidazole rings is 1. The van der Waals surface area contributed by atoms with Crippen molar-refractivity contribution in [3.05, 3.63) is 47.8 Å². The molecule has 1 amide bonds. The van der Waals surface area contributed by atoms with Crippen molar-refractivity contribution in [2.24, 2.45) is 0 Å². The fourth-order valence-corrected chi connectivity index (χ4v) is 2.67. The molecule has 0 aromatic carbocycles. The molecular formula is C16H17N5O2. The van der Waals surface area contributed by atoms with Crippen LogP contribution in [0.2, 0.25) is 0 Å². The van der Waals surface area contributed by atoms with Crippen LogP contribution < -0.4 is 5.32 Å². The molecule has 7 heteroatoms. The number of carbonyl (C=O) groups is 1. The molecule has 0 bridgehead atoms. The molecule has 1 fully saturated rings. The number of ether oxygens (including phenoxy) is 1. The minimum Gasteiger partial charge on any atom is -0.368 e. The molecule has 1 aliphatic rings. The van der Waals surface area contributed by atoms with Gasteiger partial charge in [0.15, 0.2) is 0 Å². The first kappa shape index (κ1) is 15.2. The van der Waals surface area contributed by atoms with Gasteiger partial charge in [0.25, 0.3) is 5.91 Å². The van der Waals surface area contributed by atoms with Crippen LogP contribution in [0.3, 0.4) is 0 Å². The van der Waals surface area contributed by atoms with Gasteiger partial charge in [-0.1, -0.05) is 0 Å². The van der Waals surface area contributed by atoms with Gasteiger partial charge in [-0.2, -0.15) is 5.26 Å². The van der Waals surface area contributed by atoms with E-state index < -0.39 is 0 Å². The topological polar surface area (TPSA) is 92.8 Å². The standard InChI is InChI=1S/C16H17N5O2/c1-2-21-7-6-18-15(21)14-12(5-8-23-14)20-16(22)13-4-3-11(9-17)10-19-13/h3-4,6-7,10,12,14H,2,5,8H2,1H3,(H,20,22)/t12-,14-/m0/s1. The Morgan fingerprint density at radius 2 is 2.39 bits per heavy atom. The van der Waals surface area contributed by atoms with Gasteiger partial charge in [0, 0.05) is 31.7 Å².